The number of benzene rings is 1. The Bertz CT molecular complexity index is 283. The lowest BCUT2D eigenvalue weighted by molar-refractivity contribution is 0.457. The Morgan fingerprint density at radius 2 is 2.08 bits per heavy atom. The summed E-state index contributed by atoms with van der Waals surface area (Å²) in [6.45, 7) is 1.78. The van der Waals surface area contributed by atoms with E-state index in [0.29, 0.717) is 6.04 Å². The Balaban J connectivity index is 2.11. The molecule has 0 spiro atoms. The molecule has 2 nitrogen and oxygen atoms in total. The second-order valence-electron chi connectivity index (χ2n) is 3.63. The molecule has 1 aliphatic heterocycles. The quantitative estimate of drug-likeness (QED) is 0.707. The molecule has 0 bridgehead atoms. The molecule has 13 heavy (non-hydrogen) atoms. The van der Waals surface area contributed by atoms with E-state index in [2.05, 4.69) is 29.6 Å². The van der Waals surface area contributed by atoms with Crippen LogP contribution in [-0.4, -0.2) is 12.6 Å². The van der Waals surface area contributed by atoms with E-state index >= 15 is 0 Å². The molecule has 2 rings (SSSR count). The predicted octanol–water partition coefficient (Wildman–Crippen LogP) is 1.05. The first-order valence-electron chi connectivity index (χ1n) is 4.90. The van der Waals surface area contributed by atoms with Crippen molar-refractivity contribution in [2.45, 2.75) is 25.4 Å². The van der Waals surface area contributed by atoms with Gasteiger partial charge in [-0.3, -0.25) is 0 Å². The maximum atomic E-state index is 5.54. The first-order chi connectivity index (χ1) is 6.40. The van der Waals surface area contributed by atoms with Gasteiger partial charge in [0.05, 0.1) is 0 Å². The van der Waals surface area contributed by atoms with E-state index in [1.54, 1.807) is 0 Å². The van der Waals surface area contributed by atoms with Gasteiger partial charge in [0.15, 0.2) is 0 Å². The van der Waals surface area contributed by atoms with E-state index in [1.165, 1.54) is 11.1 Å². The molecule has 0 saturated heterocycles. The summed E-state index contributed by atoms with van der Waals surface area (Å²) >= 11 is 0. The number of hydrogen-bond donors (Lipinski definition) is 2. The smallest absolute Gasteiger partial charge is 0.0210 e. The van der Waals surface area contributed by atoms with E-state index < -0.39 is 0 Å². The highest BCUT2D eigenvalue weighted by Crippen LogP contribution is 2.17. The zero-order valence-electron chi connectivity index (χ0n) is 7.79. The number of fused-ring (bicyclic) bond motifs is 1. The third kappa shape index (κ3) is 1.90. The van der Waals surface area contributed by atoms with Crippen LogP contribution in [0.5, 0.6) is 0 Å². The fraction of sp³-hybridized carbons (Fsp3) is 0.455. The van der Waals surface area contributed by atoms with Crippen molar-refractivity contribution in [2.24, 2.45) is 5.73 Å². The maximum Gasteiger partial charge on any atom is 0.0210 e. The third-order valence-electron chi connectivity index (χ3n) is 2.68. The highest BCUT2D eigenvalue weighted by Gasteiger charge is 2.15. The molecule has 0 fully saturated rings. The molecule has 0 amide bonds. The lowest BCUT2D eigenvalue weighted by atomic mass is 9.94. The van der Waals surface area contributed by atoms with Gasteiger partial charge >= 0.3 is 0 Å². The molecule has 1 atom stereocenters. The van der Waals surface area contributed by atoms with Crippen molar-refractivity contribution in [3.05, 3.63) is 35.4 Å². The zero-order chi connectivity index (χ0) is 9.10. The van der Waals surface area contributed by atoms with Gasteiger partial charge in [-0.25, -0.2) is 0 Å². The average Bonchev–Trinajstić information content (AvgIpc) is 2.18. The summed E-state index contributed by atoms with van der Waals surface area (Å²) in [5.41, 5.74) is 8.47. The van der Waals surface area contributed by atoms with Crippen LogP contribution >= 0.6 is 0 Å². The van der Waals surface area contributed by atoms with Crippen LogP contribution in [0.4, 0.5) is 0 Å². The van der Waals surface area contributed by atoms with Crippen molar-refractivity contribution < 1.29 is 0 Å². The first kappa shape index (κ1) is 8.73. The van der Waals surface area contributed by atoms with E-state index in [-0.39, 0.29) is 0 Å². The fourth-order valence-corrected chi connectivity index (χ4v) is 1.93. The lowest BCUT2D eigenvalue weighted by Crippen LogP contribution is -2.36. The predicted molar refractivity (Wildman–Crippen MR) is 54.4 cm³/mol. The standard InChI is InChI=1S/C11H16N2/c12-6-5-11-7-9-3-1-2-4-10(9)8-13-11/h1-4,11,13H,5-8,12H2/t11-/m1/s1. The van der Waals surface area contributed by atoms with Crippen molar-refractivity contribution in [1.82, 2.24) is 5.32 Å². The minimum Gasteiger partial charge on any atom is -0.330 e. The Kier molecular flexibility index (Phi) is 2.62. The van der Waals surface area contributed by atoms with E-state index in [0.717, 1.165) is 25.9 Å². The highest BCUT2D eigenvalue weighted by molar-refractivity contribution is 5.29. The molecule has 0 aliphatic carbocycles. The molecule has 70 valence electrons. The van der Waals surface area contributed by atoms with E-state index in [9.17, 15) is 0 Å². The van der Waals surface area contributed by atoms with Crippen molar-refractivity contribution in [3.8, 4) is 0 Å². The highest BCUT2D eigenvalue weighted by atomic mass is 14.9. The molecule has 3 N–H and O–H groups in total. The van der Waals surface area contributed by atoms with Gasteiger partial charge in [-0.05, 0) is 30.5 Å². The molecule has 1 heterocycles. The molecule has 0 aromatic heterocycles. The van der Waals surface area contributed by atoms with Gasteiger partial charge < -0.3 is 11.1 Å². The van der Waals surface area contributed by atoms with Crippen molar-refractivity contribution in [3.63, 3.8) is 0 Å². The SMILES string of the molecule is NCC[C@@H]1Cc2ccccc2CN1. The summed E-state index contributed by atoms with van der Waals surface area (Å²) in [7, 11) is 0. The second-order valence-corrected chi connectivity index (χ2v) is 3.63. The molecule has 1 aliphatic rings. The lowest BCUT2D eigenvalue weighted by Gasteiger charge is -2.25. The summed E-state index contributed by atoms with van der Waals surface area (Å²) in [6, 6.07) is 9.22. The van der Waals surface area contributed by atoms with Crippen LogP contribution < -0.4 is 11.1 Å². The van der Waals surface area contributed by atoms with Crippen LogP contribution in [0, 0.1) is 0 Å². The van der Waals surface area contributed by atoms with Crippen LogP contribution in [0.1, 0.15) is 17.5 Å². The Hall–Kier alpha value is -0.860. The van der Waals surface area contributed by atoms with Crippen molar-refractivity contribution >= 4 is 0 Å². The summed E-state index contributed by atoms with van der Waals surface area (Å²) in [5.74, 6) is 0. The molecular formula is C11H16N2. The molecule has 1 aromatic rings. The van der Waals surface area contributed by atoms with Gasteiger partial charge in [0, 0.05) is 12.6 Å². The molecular weight excluding hydrogens is 160 g/mol. The summed E-state index contributed by atoms with van der Waals surface area (Å²) in [5, 5.41) is 3.50. The molecule has 0 radical (unpaired) electrons. The average molecular weight is 176 g/mol. The van der Waals surface area contributed by atoms with Crippen LogP contribution in [0.2, 0.25) is 0 Å². The van der Waals surface area contributed by atoms with Gasteiger partial charge in [-0.2, -0.15) is 0 Å². The van der Waals surface area contributed by atoms with Gasteiger partial charge in [0.1, 0.15) is 0 Å². The van der Waals surface area contributed by atoms with Crippen molar-refractivity contribution in [2.75, 3.05) is 6.54 Å². The molecule has 0 unspecified atom stereocenters. The van der Waals surface area contributed by atoms with E-state index in [1.807, 2.05) is 0 Å². The molecule has 2 heteroatoms. The number of hydrogen-bond acceptors (Lipinski definition) is 2. The minimum atomic E-state index is 0.583. The number of nitrogens with one attached hydrogen (secondary N) is 1. The summed E-state index contributed by atoms with van der Waals surface area (Å²) in [6.07, 6.45) is 2.21. The molecule has 0 saturated carbocycles. The van der Waals surface area contributed by atoms with Crippen molar-refractivity contribution in [1.29, 1.82) is 0 Å². The Labute approximate surface area is 79.1 Å². The van der Waals surface area contributed by atoms with Crippen LogP contribution in [0.25, 0.3) is 0 Å². The monoisotopic (exact) mass is 176 g/mol. The number of nitrogens with two attached hydrogens (primary N) is 1. The largest absolute Gasteiger partial charge is 0.330 e. The van der Waals surface area contributed by atoms with Crippen LogP contribution in [0.15, 0.2) is 24.3 Å². The van der Waals surface area contributed by atoms with Gasteiger partial charge in [-0.1, -0.05) is 24.3 Å². The number of rotatable bonds is 2. The topological polar surface area (TPSA) is 38.0 Å². The third-order valence-corrected chi connectivity index (χ3v) is 2.68. The van der Waals surface area contributed by atoms with Gasteiger partial charge in [0.2, 0.25) is 0 Å². The minimum absolute atomic E-state index is 0.583. The zero-order valence-corrected chi connectivity index (χ0v) is 7.79. The van der Waals surface area contributed by atoms with E-state index in [4.69, 9.17) is 5.73 Å². The Morgan fingerprint density at radius 3 is 2.85 bits per heavy atom. The Morgan fingerprint density at radius 1 is 1.31 bits per heavy atom. The van der Waals surface area contributed by atoms with Crippen LogP contribution in [0.3, 0.4) is 0 Å². The first-order valence-corrected chi connectivity index (χ1v) is 4.90. The normalized spacial score (nSPS) is 21.2. The van der Waals surface area contributed by atoms with Crippen LogP contribution in [-0.2, 0) is 13.0 Å². The van der Waals surface area contributed by atoms with Gasteiger partial charge in [0.25, 0.3) is 0 Å². The fourth-order valence-electron chi connectivity index (χ4n) is 1.93. The summed E-state index contributed by atoms with van der Waals surface area (Å²) < 4.78 is 0. The second kappa shape index (κ2) is 3.90. The maximum absolute atomic E-state index is 5.54. The summed E-state index contributed by atoms with van der Waals surface area (Å²) in [4.78, 5) is 0. The van der Waals surface area contributed by atoms with Gasteiger partial charge in [-0.15, -0.1) is 0 Å². The molecule has 1 aromatic carbocycles.